The number of carbonyl (C=O) groups excluding carboxylic acids is 2. The summed E-state index contributed by atoms with van der Waals surface area (Å²) in [4.78, 5) is 37.7. The Morgan fingerprint density at radius 1 is 1.14 bits per heavy atom. The summed E-state index contributed by atoms with van der Waals surface area (Å²) in [5.41, 5.74) is 2.43. The van der Waals surface area contributed by atoms with Crippen LogP contribution in [0.25, 0.3) is 0 Å². The number of hydrogen-bond acceptors (Lipinski definition) is 5. The number of benzene rings is 2. The molecule has 0 spiro atoms. The van der Waals surface area contributed by atoms with Gasteiger partial charge in [0.1, 0.15) is 0 Å². The van der Waals surface area contributed by atoms with Gasteiger partial charge >= 0.3 is 0 Å². The molecule has 0 atom stereocenters. The number of hydrogen-bond donors (Lipinski definition) is 2. The first-order valence-electron chi connectivity index (χ1n) is 9.69. The molecule has 8 nitrogen and oxygen atoms in total. The summed E-state index contributed by atoms with van der Waals surface area (Å²) in [7, 11) is 0. The van der Waals surface area contributed by atoms with Crippen molar-refractivity contribution in [1.82, 2.24) is 5.32 Å². The molecule has 1 saturated heterocycles. The first-order chi connectivity index (χ1) is 14.0. The van der Waals surface area contributed by atoms with Crippen LogP contribution in [0.4, 0.5) is 17.1 Å². The highest BCUT2D eigenvalue weighted by atomic mass is 16.6. The van der Waals surface area contributed by atoms with E-state index in [-0.39, 0.29) is 23.7 Å². The minimum absolute atomic E-state index is 0.153. The highest BCUT2D eigenvalue weighted by Gasteiger charge is 2.23. The lowest BCUT2D eigenvalue weighted by molar-refractivity contribution is -0.384. The van der Waals surface area contributed by atoms with Crippen molar-refractivity contribution in [3.63, 3.8) is 0 Å². The number of nitro groups is 1. The Morgan fingerprint density at radius 3 is 2.55 bits per heavy atom. The molecule has 0 bridgehead atoms. The third kappa shape index (κ3) is 4.90. The average molecular weight is 396 g/mol. The zero-order chi connectivity index (χ0) is 20.8. The number of non-ortho nitro benzene ring substituents is 1. The minimum atomic E-state index is -0.529. The van der Waals surface area contributed by atoms with Gasteiger partial charge < -0.3 is 15.5 Å². The van der Waals surface area contributed by atoms with E-state index in [1.165, 1.54) is 12.1 Å². The Labute approximate surface area is 169 Å². The zero-order valence-electron chi connectivity index (χ0n) is 16.3. The van der Waals surface area contributed by atoms with Crippen molar-refractivity contribution in [1.29, 1.82) is 0 Å². The van der Waals surface area contributed by atoms with Crippen LogP contribution in [0, 0.1) is 10.1 Å². The normalized spacial score (nSPS) is 13.2. The molecule has 0 unspecified atom stereocenters. The third-order valence-electron chi connectivity index (χ3n) is 4.96. The van der Waals surface area contributed by atoms with Gasteiger partial charge in [-0.25, -0.2) is 0 Å². The van der Waals surface area contributed by atoms with Crippen LogP contribution in [0.5, 0.6) is 0 Å². The van der Waals surface area contributed by atoms with E-state index in [4.69, 9.17) is 0 Å². The molecule has 2 N–H and O–H groups in total. The van der Waals surface area contributed by atoms with Gasteiger partial charge in [-0.2, -0.15) is 0 Å². The molecular formula is C21H24N4O4. The third-order valence-corrected chi connectivity index (χ3v) is 4.96. The lowest BCUT2D eigenvalue weighted by Gasteiger charge is -2.20. The predicted octanol–water partition coefficient (Wildman–Crippen LogP) is 3.13. The summed E-state index contributed by atoms with van der Waals surface area (Å²) < 4.78 is 0. The number of nitrogens with zero attached hydrogens (tertiary/aromatic N) is 2. The molecule has 29 heavy (non-hydrogen) atoms. The van der Waals surface area contributed by atoms with Gasteiger partial charge in [-0.1, -0.05) is 25.1 Å². The molecule has 8 heteroatoms. The first-order valence-corrected chi connectivity index (χ1v) is 9.69. The van der Waals surface area contributed by atoms with Crippen molar-refractivity contribution in [3.8, 4) is 0 Å². The molecule has 2 aromatic carbocycles. The highest BCUT2D eigenvalue weighted by molar-refractivity contribution is 6.03. The van der Waals surface area contributed by atoms with Crippen molar-refractivity contribution in [2.75, 3.05) is 29.9 Å². The van der Waals surface area contributed by atoms with Crippen molar-refractivity contribution < 1.29 is 14.5 Å². The van der Waals surface area contributed by atoms with Crippen LogP contribution in [0.3, 0.4) is 0 Å². The van der Waals surface area contributed by atoms with E-state index in [0.29, 0.717) is 11.4 Å². The number of nitrogens with one attached hydrogen (secondary N) is 2. The summed E-state index contributed by atoms with van der Waals surface area (Å²) in [6.45, 7) is 3.37. The molecule has 1 fully saturated rings. The molecule has 2 amide bonds. The minimum Gasteiger partial charge on any atom is -0.371 e. The summed E-state index contributed by atoms with van der Waals surface area (Å²) in [6.07, 6.45) is 2.80. The van der Waals surface area contributed by atoms with Crippen molar-refractivity contribution >= 4 is 28.9 Å². The largest absolute Gasteiger partial charge is 0.371 e. The van der Waals surface area contributed by atoms with E-state index < -0.39 is 10.8 Å². The molecule has 1 aliphatic heterocycles. The molecule has 0 radical (unpaired) electrons. The molecule has 1 aliphatic rings. The molecule has 1 heterocycles. The van der Waals surface area contributed by atoms with Gasteiger partial charge in [0.25, 0.3) is 11.6 Å². The summed E-state index contributed by atoms with van der Waals surface area (Å²) in [5, 5.41) is 16.5. The number of rotatable bonds is 7. The fourth-order valence-corrected chi connectivity index (χ4v) is 3.45. The van der Waals surface area contributed by atoms with Gasteiger partial charge in [-0.15, -0.1) is 0 Å². The number of anilines is 2. The van der Waals surface area contributed by atoms with Gasteiger partial charge in [0, 0.05) is 30.9 Å². The maximum Gasteiger partial charge on any atom is 0.270 e. The number of para-hydroxylation sites is 1. The quantitative estimate of drug-likeness (QED) is 0.553. The second-order valence-corrected chi connectivity index (χ2v) is 6.89. The number of aryl methyl sites for hydroxylation is 1. The summed E-state index contributed by atoms with van der Waals surface area (Å²) in [6, 6.07) is 11.8. The maximum atomic E-state index is 12.7. The number of nitro benzene ring substituents is 1. The SMILES string of the molecule is CCc1ccccc1NC(=O)CNC(=O)c1cc([N+](=O)[O-])ccc1N1CCCC1. The van der Waals surface area contributed by atoms with Crippen LogP contribution in [-0.4, -0.2) is 36.4 Å². The lowest BCUT2D eigenvalue weighted by atomic mass is 10.1. The van der Waals surface area contributed by atoms with Crippen LogP contribution < -0.4 is 15.5 Å². The van der Waals surface area contributed by atoms with Crippen molar-refractivity contribution in [2.24, 2.45) is 0 Å². The second-order valence-electron chi connectivity index (χ2n) is 6.89. The van der Waals surface area contributed by atoms with Gasteiger partial charge in [-0.3, -0.25) is 19.7 Å². The van der Waals surface area contributed by atoms with E-state index in [9.17, 15) is 19.7 Å². The van der Waals surface area contributed by atoms with Crippen LogP contribution in [0.1, 0.15) is 35.7 Å². The van der Waals surface area contributed by atoms with Crippen molar-refractivity contribution in [3.05, 3.63) is 63.7 Å². The smallest absolute Gasteiger partial charge is 0.270 e. The molecule has 3 rings (SSSR count). The Kier molecular flexibility index (Phi) is 6.43. The predicted molar refractivity (Wildman–Crippen MR) is 111 cm³/mol. The topological polar surface area (TPSA) is 105 Å². The Morgan fingerprint density at radius 2 is 1.86 bits per heavy atom. The lowest BCUT2D eigenvalue weighted by Crippen LogP contribution is -2.34. The standard InChI is InChI=1S/C21H24N4O4/c1-2-15-7-3-4-8-18(15)23-20(26)14-22-21(27)17-13-16(25(28)29)9-10-19(17)24-11-5-6-12-24/h3-4,7-10,13H,2,5-6,11-12,14H2,1H3,(H,22,27)(H,23,26). The molecule has 152 valence electrons. The van der Waals surface area contributed by atoms with E-state index >= 15 is 0 Å². The monoisotopic (exact) mass is 396 g/mol. The van der Waals surface area contributed by atoms with Gasteiger partial charge in [-0.05, 0) is 37.0 Å². The fourth-order valence-electron chi connectivity index (χ4n) is 3.45. The number of amides is 2. The average Bonchev–Trinajstić information content (AvgIpc) is 3.26. The summed E-state index contributed by atoms with van der Waals surface area (Å²) >= 11 is 0. The van der Waals surface area contributed by atoms with E-state index in [1.54, 1.807) is 6.07 Å². The van der Waals surface area contributed by atoms with Crippen LogP contribution in [0.2, 0.25) is 0 Å². The number of carbonyl (C=O) groups is 2. The van der Waals surface area contributed by atoms with Gasteiger partial charge in [0.05, 0.1) is 22.7 Å². The molecule has 0 aromatic heterocycles. The molecule has 2 aromatic rings. The van der Waals surface area contributed by atoms with Gasteiger partial charge in [0.2, 0.25) is 5.91 Å². The Hall–Kier alpha value is -3.42. The zero-order valence-corrected chi connectivity index (χ0v) is 16.3. The van der Waals surface area contributed by atoms with Crippen molar-refractivity contribution in [2.45, 2.75) is 26.2 Å². The van der Waals surface area contributed by atoms with E-state index in [1.807, 2.05) is 36.1 Å². The molecule has 0 aliphatic carbocycles. The van der Waals surface area contributed by atoms with Crippen LogP contribution >= 0.6 is 0 Å². The second kappa shape index (κ2) is 9.18. The van der Waals surface area contributed by atoms with Crippen LogP contribution in [0.15, 0.2) is 42.5 Å². The highest BCUT2D eigenvalue weighted by Crippen LogP contribution is 2.28. The van der Waals surface area contributed by atoms with Gasteiger partial charge in [0.15, 0.2) is 0 Å². The molecule has 0 saturated carbocycles. The van der Waals surface area contributed by atoms with Crippen LogP contribution in [-0.2, 0) is 11.2 Å². The van der Waals surface area contributed by atoms with E-state index in [0.717, 1.165) is 37.9 Å². The molecular weight excluding hydrogens is 372 g/mol. The van der Waals surface area contributed by atoms with E-state index in [2.05, 4.69) is 10.6 Å². The fraction of sp³-hybridized carbons (Fsp3) is 0.333. The first kappa shape index (κ1) is 20.3. The summed E-state index contributed by atoms with van der Waals surface area (Å²) in [5.74, 6) is -0.859. The Balaban J connectivity index is 1.71. The Bertz CT molecular complexity index is 923. The maximum absolute atomic E-state index is 12.7.